The molecule has 10 nitrogen and oxygen atoms in total. The fourth-order valence-electron chi connectivity index (χ4n) is 6.66. The Morgan fingerprint density at radius 2 is 1.83 bits per heavy atom. The van der Waals surface area contributed by atoms with Crippen LogP contribution in [0, 0.1) is 11.2 Å². The van der Waals surface area contributed by atoms with E-state index in [0.29, 0.717) is 39.7 Å². The molecule has 5 heterocycles. The molecule has 1 amide bonds. The van der Waals surface area contributed by atoms with Crippen LogP contribution in [0.1, 0.15) is 59.3 Å². The summed E-state index contributed by atoms with van der Waals surface area (Å²) < 4.78 is 14.7. The predicted octanol–water partition coefficient (Wildman–Crippen LogP) is 6.07. The standard InChI is InChI=1S/C31H36FN9O/c1-19-29(42)41(23-6-7-26(33-17-23)39-12-4-5-13-39)25-18-34-30(36-21-14-20-16-35-38-27(20)24(32)15-21)37-28(25)40(19)22-8-10-31(2,3)11-9-22/h6-7,14-19,22H,4-5,8-13H2,1-3H3,(H,35,38)(H,34,36,37)/t19-/m1/s1. The normalized spacial score (nSPS) is 20.8. The van der Waals surface area contributed by atoms with Crippen molar-refractivity contribution in [3.05, 3.63) is 48.7 Å². The van der Waals surface area contributed by atoms with Crippen molar-refractivity contribution in [3.63, 3.8) is 0 Å². The Bertz CT molecular complexity index is 1620. The maximum Gasteiger partial charge on any atom is 0.254 e. The summed E-state index contributed by atoms with van der Waals surface area (Å²) in [4.78, 5) is 34.5. The van der Waals surface area contributed by atoms with E-state index in [1.807, 2.05) is 19.1 Å². The molecule has 3 aliphatic rings. The smallest absolute Gasteiger partial charge is 0.254 e. The highest BCUT2D eigenvalue weighted by atomic mass is 19.1. The molecule has 1 saturated carbocycles. The van der Waals surface area contributed by atoms with Gasteiger partial charge in [-0.3, -0.25) is 14.8 Å². The van der Waals surface area contributed by atoms with Crippen LogP contribution >= 0.6 is 0 Å². The molecule has 4 aromatic rings. The van der Waals surface area contributed by atoms with Crippen molar-refractivity contribution in [2.24, 2.45) is 5.41 Å². The number of halogens is 1. The van der Waals surface area contributed by atoms with Crippen LogP contribution < -0.4 is 20.0 Å². The lowest BCUT2D eigenvalue weighted by Gasteiger charge is -2.47. The van der Waals surface area contributed by atoms with Crippen LogP contribution in [0.4, 0.5) is 39.0 Å². The number of pyridine rings is 1. The van der Waals surface area contributed by atoms with Crippen molar-refractivity contribution in [2.45, 2.75) is 71.4 Å². The second kappa shape index (κ2) is 10.2. The summed E-state index contributed by atoms with van der Waals surface area (Å²) in [5, 5.41) is 10.5. The first-order valence-corrected chi connectivity index (χ1v) is 14.9. The van der Waals surface area contributed by atoms with Crippen LogP contribution in [0.2, 0.25) is 0 Å². The first-order chi connectivity index (χ1) is 20.3. The molecular weight excluding hydrogens is 533 g/mol. The molecule has 0 bridgehead atoms. The van der Waals surface area contributed by atoms with E-state index in [1.54, 1.807) is 29.6 Å². The van der Waals surface area contributed by atoms with Gasteiger partial charge in [0.05, 0.1) is 24.3 Å². The number of H-pyrrole nitrogens is 1. The third-order valence-electron chi connectivity index (χ3n) is 9.11. The van der Waals surface area contributed by atoms with E-state index >= 15 is 0 Å². The average molecular weight is 570 g/mol. The van der Waals surface area contributed by atoms with Gasteiger partial charge in [-0.2, -0.15) is 10.1 Å². The summed E-state index contributed by atoms with van der Waals surface area (Å²) in [5.41, 5.74) is 2.47. The van der Waals surface area contributed by atoms with Gasteiger partial charge in [0.15, 0.2) is 11.6 Å². The Labute approximate surface area is 244 Å². The molecular formula is C31H36FN9O. The quantitative estimate of drug-likeness (QED) is 0.298. The zero-order chi connectivity index (χ0) is 29.0. The molecule has 11 heteroatoms. The summed E-state index contributed by atoms with van der Waals surface area (Å²) in [6.07, 6.45) is 11.5. The largest absolute Gasteiger partial charge is 0.357 e. The molecule has 1 aliphatic carbocycles. The van der Waals surface area contributed by atoms with Gasteiger partial charge in [-0.25, -0.2) is 14.4 Å². The lowest BCUT2D eigenvalue weighted by Crippen LogP contribution is -2.55. The zero-order valence-electron chi connectivity index (χ0n) is 24.3. The molecule has 2 fully saturated rings. The van der Waals surface area contributed by atoms with Crippen molar-refractivity contribution < 1.29 is 9.18 Å². The van der Waals surface area contributed by atoms with Gasteiger partial charge < -0.3 is 15.1 Å². The summed E-state index contributed by atoms with van der Waals surface area (Å²) in [6.45, 7) is 8.58. The Hall–Kier alpha value is -4.28. The maximum atomic E-state index is 14.7. The number of carbonyl (C=O) groups is 1. The number of aromatic nitrogens is 5. The molecule has 1 saturated heterocycles. The van der Waals surface area contributed by atoms with E-state index < -0.39 is 11.9 Å². The molecule has 1 atom stereocenters. The number of hydrogen-bond acceptors (Lipinski definition) is 8. The van der Waals surface area contributed by atoms with Crippen LogP contribution in [0.15, 0.2) is 42.9 Å². The molecule has 3 aromatic heterocycles. The number of anilines is 6. The third-order valence-corrected chi connectivity index (χ3v) is 9.11. The van der Waals surface area contributed by atoms with Gasteiger partial charge in [0, 0.05) is 30.2 Å². The maximum absolute atomic E-state index is 14.7. The van der Waals surface area contributed by atoms with E-state index in [2.05, 4.69) is 44.1 Å². The number of carbonyl (C=O) groups excluding carboxylic acids is 1. The van der Waals surface area contributed by atoms with Crippen LogP contribution in [-0.4, -0.2) is 56.2 Å². The molecule has 0 radical (unpaired) electrons. The molecule has 42 heavy (non-hydrogen) atoms. The highest BCUT2D eigenvalue weighted by Crippen LogP contribution is 2.45. The molecule has 7 rings (SSSR count). The monoisotopic (exact) mass is 569 g/mol. The van der Waals surface area contributed by atoms with E-state index in [0.717, 1.165) is 44.6 Å². The minimum atomic E-state index is -0.426. The minimum Gasteiger partial charge on any atom is -0.357 e. The topological polar surface area (TPSA) is 106 Å². The van der Waals surface area contributed by atoms with E-state index in [1.165, 1.54) is 18.9 Å². The van der Waals surface area contributed by atoms with Gasteiger partial charge in [0.25, 0.3) is 5.91 Å². The number of benzene rings is 1. The Balaban J connectivity index is 1.27. The Morgan fingerprint density at radius 1 is 1.05 bits per heavy atom. The second-order valence-corrected chi connectivity index (χ2v) is 12.5. The van der Waals surface area contributed by atoms with E-state index in [9.17, 15) is 9.18 Å². The molecule has 2 aliphatic heterocycles. The van der Waals surface area contributed by atoms with Gasteiger partial charge in [0.1, 0.15) is 23.1 Å². The zero-order valence-corrected chi connectivity index (χ0v) is 24.3. The number of hydrogen-bond donors (Lipinski definition) is 2. The minimum absolute atomic E-state index is 0.0279. The number of nitrogens with zero attached hydrogens (tertiary/aromatic N) is 7. The van der Waals surface area contributed by atoms with Crippen LogP contribution in [0.3, 0.4) is 0 Å². The molecule has 2 N–H and O–H groups in total. The van der Waals surface area contributed by atoms with Gasteiger partial charge in [-0.15, -0.1) is 0 Å². The SMILES string of the molecule is C[C@@H]1C(=O)N(c2ccc(N3CCCC3)nc2)c2cnc(Nc3cc(F)c4[nH]ncc4c3)nc2N1C1CCC(C)(C)CC1. The fraction of sp³-hybridized carbons (Fsp3) is 0.452. The molecule has 0 spiro atoms. The second-order valence-electron chi connectivity index (χ2n) is 12.5. The first kappa shape index (κ1) is 26.6. The van der Waals surface area contributed by atoms with Crippen molar-refractivity contribution in [3.8, 4) is 0 Å². The van der Waals surface area contributed by atoms with Crippen LogP contribution in [-0.2, 0) is 4.79 Å². The number of rotatable bonds is 5. The molecule has 0 unspecified atom stereocenters. The first-order valence-electron chi connectivity index (χ1n) is 14.9. The van der Waals surface area contributed by atoms with Crippen LogP contribution in [0.5, 0.6) is 0 Å². The lowest BCUT2D eigenvalue weighted by atomic mass is 9.75. The lowest BCUT2D eigenvalue weighted by molar-refractivity contribution is -0.119. The van der Waals surface area contributed by atoms with E-state index in [4.69, 9.17) is 9.97 Å². The van der Waals surface area contributed by atoms with E-state index in [-0.39, 0.29) is 17.4 Å². The predicted molar refractivity (Wildman–Crippen MR) is 162 cm³/mol. The third kappa shape index (κ3) is 4.70. The number of aromatic amines is 1. The summed E-state index contributed by atoms with van der Waals surface area (Å²) >= 11 is 0. The highest BCUT2D eigenvalue weighted by Gasteiger charge is 2.43. The van der Waals surface area contributed by atoms with Crippen molar-refractivity contribution in [1.29, 1.82) is 0 Å². The van der Waals surface area contributed by atoms with Crippen molar-refractivity contribution in [2.75, 3.05) is 33.1 Å². The summed E-state index contributed by atoms with van der Waals surface area (Å²) in [6, 6.07) is 6.91. The fourth-order valence-corrected chi connectivity index (χ4v) is 6.66. The number of nitrogens with one attached hydrogen (secondary N) is 2. The average Bonchev–Trinajstić information content (AvgIpc) is 3.68. The van der Waals surface area contributed by atoms with Crippen molar-refractivity contribution >= 4 is 51.5 Å². The summed E-state index contributed by atoms with van der Waals surface area (Å²) in [5.74, 6) is 1.52. The number of fused-ring (bicyclic) bond motifs is 2. The Kier molecular flexibility index (Phi) is 6.47. The van der Waals surface area contributed by atoms with Gasteiger partial charge in [-0.05, 0) is 75.1 Å². The molecule has 218 valence electrons. The van der Waals surface area contributed by atoms with Gasteiger partial charge >= 0.3 is 0 Å². The highest BCUT2D eigenvalue weighted by molar-refractivity contribution is 6.09. The van der Waals surface area contributed by atoms with Crippen LogP contribution in [0.25, 0.3) is 10.9 Å². The number of amides is 1. The Morgan fingerprint density at radius 3 is 2.57 bits per heavy atom. The van der Waals surface area contributed by atoms with Gasteiger partial charge in [0.2, 0.25) is 5.95 Å². The van der Waals surface area contributed by atoms with Crippen molar-refractivity contribution in [1.82, 2.24) is 25.1 Å². The summed E-state index contributed by atoms with van der Waals surface area (Å²) in [7, 11) is 0. The van der Waals surface area contributed by atoms with Gasteiger partial charge in [-0.1, -0.05) is 13.8 Å². The molecule has 1 aromatic carbocycles.